The fourth-order valence-electron chi connectivity index (χ4n) is 7.59. The highest BCUT2D eigenvalue weighted by molar-refractivity contribution is 7.92. The Kier molecular flexibility index (Phi) is 9.05. The van der Waals surface area contributed by atoms with Crippen molar-refractivity contribution in [1.82, 2.24) is 25.3 Å². The van der Waals surface area contributed by atoms with Gasteiger partial charge in [0.15, 0.2) is 0 Å². The molecular formula is C38H42N6O6S. The fourth-order valence-corrected chi connectivity index (χ4v) is 8.58. The van der Waals surface area contributed by atoms with Gasteiger partial charge in [-0.3, -0.25) is 0 Å². The molecule has 0 spiro atoms. The average Bonchev–Trinajstić information content (AvgIpc) is 3.38. The minimum Gasteiger partial charge on any atom is -0.478 e. The lowest BCUT2D eigenvalue weighted by Crippen LogP contribution is -2.55. The van der Waals surface area contributed by atoms with E-state index in [1.807, 2.05) is 39.0 Å². The molecule has 3 heterocycles. The summed E-state index contributed by atoms with van der Waals surface area (Å²) in [5.41, 5.74) is 6.53. The van der Waals surface area contributed by atoms with Crippen LogP contribution in [0, 0.1) is 32.1 Å². The first kappa shape index (κ1) is 34.6. The summed E-state index contributed by atoms with van der Waals surface area (Å²) in [6.07, 6.45) is 6.34. The van der Waals surface area contributed by atoms with Crippen LogP contribution in [0.4, 0.5) is 5.95 Å². The average molecular weight is 711 g/mol. The van der Waals surface area contributed by atoms with Gasteiger partial charge in [-0.05, 0) is 87.1 Å². The van der Waals surface area contributed by atoms with Gasteiger partial charge in [0.1, 0.15) is 17.9 Å². The van der Waals surface area contributed by atoms with Crippen LogP contribution in [0.2, 0.25) is 0 Å². The number of carbonyl (C=O) groups is 1. The number of hydrogen-bond acceptors (Lipinski definition) is 10. The van der Waals surface area contributed by atoms with E-state index in [4.69, 9.17) is 14.1 Å². The van der Waals surface area contributed by atoms with Crippen molar-refractivity contribution in [3.63, 3.8) is 0 Å². The topological polar surface area (TPSA) is 169 Å². The maximum Gasteiger partial charge on any atom is 0.335 e. The molecule has 2 bridgehead atoms. The Labute approximate surface area is 297 Å². The molecular weight excluding hydrogens is 669 g/mol. The van der Waals surface area contributed by atoms with Crippen LogP contribution in [-0.4, -0.2) is 52.1 Å². The standard InChI is InChI=1S/C38H42N6O6S/c1-21(2)34-24(5)33-35(50-34)40-19-28(41-33)18-39-27(17-38-14-25(15-38)16-38)20-49-31-13-30(32-22(3)8-6-9-23(32)4)42-37(43-31)44-51(47,48)29-11-7-10-26(12-29)36(45)46/h6-13,19,21,25,27,39H,14-18,20H2,1-5H3,(H,45,46)(H,42,43,44). The van der Waals surface area contributed by atoms with Gasteiger partial charge in [0.25, 0.3) is 10.0 Å². The number of aryl methyl sites for hydroxylation is 3. The van der Waals surface area contributed by atoms with E-state index in [-0.39, 0.29) is 40.9 Å². The lowest BCUT2D eigenvalue weighted by atomic mass is 9.43. The highest BCUT2D eigenvalue weighted by Crippen LogP contribution is 2.66. The first-order chi connectivity index (χ1) is 24.3. The summed E-state index contributed by atoms with van der Waals surface area (Å²) in [7, 11) is -4.24. The molecule has 0 amide bonds. The van der Waals surface area contributed by atoms with E-state index in [9.17, 15) is 18.3 Å². The summed E-state index contributed by atoms with van der Waals surface area (Å²) in [6.45, 7) is 10.9. The Balaban J connectivity index is 1.15. The number of sulfonamides is 1. The van der Waals surface area contributed by atoms with Gasteiger partial charge >= 0.3 is 5.97 Å². The predicted molar refractivity (Wildman–Crippen MR) is 192 cm³/mol. The van der Waals surface area contributed by atoms with E-state index in [2.05, 4.69) is 38.8 Å². The van der Waals surface area contributed by atoms with Gasteiger partial charge in [-0.2, -0.15) is 4.98 Å². The summed E-state index contributed by atoms with van der Waals surface area (Å²) >= 11 is 0. The number of benzene rings is 2. The Morgan fingerprint density at radius 2 is 1.76 bits per heavy atom. The number of hydrogen-bond donors (Lipinski definition) is 3. The van der Waals surface area contributed by atoms with Crippen molar-refractivity contribution in [1.29, 1.82) is 0 Å². The van der Waals surface area contributed by atoms with Crippen LogP contribution in [0.25, 0.3) is 22.5 Å². The number of nitrogens with one attached hydrogen (secondary N) is 2. The predicted octanol–water partition coefficient (Wildman–Crippen LogP) is 6.95. The molecule has 266 valence electrons. The van der Waals surface area contributed by atoms with Crippen molar-refractivity contribution in [2.75, 3.05) is 11.3 Å². The molecule has 8 rings (SSSR count). The number of carboxylic acids is 1. The van der Waals surface area contributed by atoms with E-state index in [0.717, 1.165) is 57.6 Å². The summed E-state index contributed by atoms with van der Waals surface area (Å²) in [4.78, 5) is 29.8. The van der Waals surface area contributed by atoms with Gasteiger partial charge in [-0.1, -0.05) is 38.1 Å². The lowest BCUT2D eigenvalue weighted by Gasteiger charge is -2.63. The number of ether oxygens (including phenoxy) is 1. The van der Waals surface area contributed by atoms with Crippen LogP contribution in [0.15, 0.2) is 64.0 Å². The molecule has 1 unspecified atom stereocenters. The van der Waals surface area contributed by atoms with Crippen LogP contribution < -0.4 is 14.8 Å². The Hall–Kier alpha value is -4.88. The molecule has 51 heavy (non-hydrogen) atoms. The molecule has 0 radical (unpaired) electrons. The number of nitrogens with zero attached hydrogens (tertiary/aromatic N) is 4. The second kappa shape index (κ2) is 13.3. The second-order valence-electron chi connectivity index (χ2n) is 14.5. The number of rotatable bonds is 14. The molecule has 3 fully saturated rings. The van der Waals surface area contributed by atoms with Crippen LogP contribution >= 0.6 is 0 Å². The molecule has 3 saturated carbocycles. The van der Waals surface area contributed by atoms with Gasteiger partial charge in [0, 0.05) is 35.7 Å². The highest BCUT2D eigenvalue weighted by Gasteiger charge is 2.56. The molecule has 3 N–H and O–H groups in total. The van der Waals surface area contributed by atoms with Crippen LogP contribution in [0.1, 0.15) is 84.0 Å². The third-order valence-electron chi connectivity index (χ3n) is 10.2. The van der Waals surface area contributed by atoms with Crippen LogP contribution in [0.3, 0.4) is 0 Å². The normalized spacial score (nSPS) is 18.7. The number of carboxylic acid groups (broad SMARTS) is 1. The van der Waals surface area contributed by atoms with E-state index in [1.165, 1.54) is 37.5 Å². The quantitative estimate of drug-likeness (QED) is 0.109. The van der Waals surface area contributed by atoms with Crippen molar-refractivity contribution in [3.8, 4) is 17.1 Å². The molecule has 3 aliphatic rings. The van der Waals surface area contributed by atoms with Gasteiger partial charge in [0.05, 0.1) is 28.0 Å². The number of fused-ring (bicyclic) bond motifs is 1. The zero-order chi connectivity index (χ0) is 36.1. The Morgan fingerprint density at radius 1 is 1.04 bits per heavy atom. The summed E-state index contributed by atoms with van der Waals surface area (Å²) in [5.74, 6) is 0.740. The zero-order valence-electron chi connectivity index (χ0n) is 29.4. The Morgan fingerprint density at radius 3 is 2.43 bits per heavy atom. The molecule has 3 aliphatic carbocycles. The summed E-state index contributed by atoms with van der Waals surface area (Å²) in [6, 6.07) is 12.7. The van der Waals surface area contributed by atoms with Gasteiger partial charge < -0.3 is 19.6 Å². The van der Waals surface area contributed by atoms with E-state index >= 15 is 0 Å². The van der Waals surface area contributed by atoms with Crippen LogP contribution in [0.5, 0.6) is 5.88 Å². The summed E-state index contributed by atoms with van der Waals surface area (Å²) in [5, 5.41) is 13.1. The van der Waals surface area contributed by atoms with Crippen molar-refractivity contribution < 1.29 is 27.5 Å². The van der Waals surface area contributed by atoms with Crippen molar-refractivity contribution >= 4 is 33.2 Å². The second-order valence-corrected chi connectivity index (χ2v) is 16.1. The van der Waals surface area contributed by atoms with Crippen molar-refractivity contribution in [2.45, 2.75) is 83.7 Å². The van der Waals surface area contributed by atoms with E-state index < -0.39 is 16.0 Å². The molecule has 13 heteroatoms. The van der Waals surface area contributed by atoms with Gasteiger partial charge in [-0.15, -0.1) is 0 Å². The molecule has 3 aromatic heterocycles. The van der Waals surface area contributed by atoms with E-state index in [1.54, 1.807) is 12.3 Å². The first-order valence-corrected chi connectivity index (χ1v) is 18.7. The number of aromatic nitrogens is 4. The minimum absolute atomic E-state index is 0.0436. The third-order valence-corrected chi connectivity index (χ3v) is 11.5. The minimum atomic E-state index is -4.24. The third kappa shape index (κ3) is 7.05. The van der Waals surface area contributed by atoms with E-state index in [0.29, 0.717) is 23.4 Å². The number of aromatic carboxylic acids is 1. The fraction of sp³-hybridized carbons (Fsp3) is 0.395. The summed E-state index contributed by atoms with van der Waals surface area (Å²) < 4.78 is 41.7. The first-order valence-electron chi connectivity index (χ1n) is 17.2. The molecule has 1 atom stereocenters. The van der Waals surface area contributed by atoms with Gasteiger partial charge in [0.2, 0.25) is 17.5 Å². The maximum atomic E-state index is 13.4. The number of furan rings is 1. The zero-order valence-corrected chi connectivity index (χ0v) is 30.2. The van der Waals surface area contributed by atoms with Crippen molar-refractivity contribution in [2.24, 2.45) is 11.3 Å². The Bertz CT molecular complexity index is 2210. The largest absolute Gasteiger partial charge is 0.478 e. The molecule has 0 aliphatic heterocycles. The van der Waals surface area contributed by atoms with Crippen LogP contribution in [-0.2, 0) is 16.6 Å². The monoisotopic (exact) mass is 710 g/mol. The maximum absolute atomic E-state index is 13.4. The molecule has 2 aromatic carbocycles. The molecule has 5 aromatic rings. The SMILES string of the molecule is Cc1cccc(C)c1-c1cc(OCC(CC23CC(C2)C3)NCc2cnc3oc(C(C)C)c(C)c3n2)nc(NS(=O)(=O)c2cccc(C(=O)O)c2)n1. The lowest BCUT2D eigenvalue weighted by molar-refractivity contribution is -0.119. The highest BCUT2D eigenvalue weighted by atomic mass is 32.2. The van der Waals surface area contributed by atoms with Crippen molar-refractivity contribution in [3.05, 3.63) is 88.4 Å². The molecule has 0 saturated heterocycles. The van der Waals surface area contributed by atoms with Gasteiger partial charge in [-0.25, -0.2) is 32.9 Å². The number of anilines is 1. The smallest absolute Gasteiger partial charge is 0.335 e. The molecule has 12 nitrogen and oxygen atoms in total.